The van der Waals surface area contributed by atoms with E-state index >= 15 is 0 Å². The lowest BCUT2D eigenvalue weighted by atomic mass is 9.93. The zero-order valence-corrected chi connectivity index (χ0v) is 17.7. The van der Waals surface area contributed by atoms with Crippen molar-refractivity contribution in [3.63, 3.8) is 0 Å². The summed E-state index contributed by atoms with van der Waals surface area (Å²) in [6.45, 7) is 5.50. The molecule has 1 amide bonds. The van der Waals surface area contributed by atoms with E-state index in [2.05, 4.69) is 15.5 Å². The minimum Gasteiger partial charge on any atom is -0.497 e. The number of nitrogens with zero attached hydrogens (tertiary/aromatic N) is 1. The lowest BCUT2D eigenvalue weighted by molar-refractivity contribution is -0.123. The molecule has 1 aromatic rings. The second-order valence-electron chi connectivity index (χ2n) is 7.01. The van der Waals surface area contributed by atoms with E-state index in [0.717, 1.165) is 42.6 Å². The van der Waals surface area contributed by atoms with Gasteiger partial charge in [0.2, 0.25) is 5.91 Å². The minimum atomic E-state index is -0.138. The first kappa shape index (κ1) is 23.5. The number of piperidine rings is 1. The van der Waals surface area contributed by atoms with Crippen LogP contribution in [0.5, 0.6) is 11.5 Å². The van der Waals surface area contributed by atoms with E-state index in [0.29, 0.717) is 6.54 Å². The number of methoxy groups -OCH3 is 2. The highest BCUT2D eigenvalue weighted by molar-refractivity contribution is 5.85. The monoisotopic (exact) mass is 399 g/mol. The highest BCUT2D eigenvalue weighted by Crippen LogP contribution is 2.29. The van der Waals surface area contributed by atoms with Crippen LogP contribution < -0.4 is 20.1 Å². The van der Waals surface area contributed by atoms with Crippen LogP contribution in [-0.2, 0) is 4.79 Å². The maximum Gasteiger partial charge on any atom is 0.234 e. The number of carbonyl (C=O) groups excluding carboxylic acids is 1. The Labute approximate surface area is 169 Å². The van der Waals surface area contributed by atoms with Crippen molar-refractivity contribution in [1.82, 2.24) is 15.5 Å². The Hall–Kier alpha value is -1.50. The molecule has 0 bridgehead atoms. The second-order valence-corrected chi connectivity index (χ2v) is 7.01. The molecule has 1 unspecified atom stereocenters. The maximum atomic E-state index is 12.5. The number of hydrogen-bond donors (Lipinski definition) is 2. The second kappa shape index (κ2) is 12.1. The zero-order valence-electron chi connectivity index (χ0n) is 16.9. The number of amides is 1. The fourth-order valence-electron chi connectivity index (χ4n) is 3.53. The van der Waals surface area contributed by atoms with Gasteiger partial charge < -0.3 is 20.1 Å². The summed E-state index contributed by atoms with van der Waals surface area (Å²) in [5.74, 6) is 2.34. The van der Waals surface area contributed by atoms with Crippen LogP contribution in [0.25, 0.3) is 0 Å². The van der Waals surface area contributed by atoms with Crippen LogP contribution in [0.15, 0.2) is 18.2 Å². The number of likely N-dealkylation sites (tertiary alicyclic amines) is 1. The van der Waals surface area contributed by atoms with Crippen LogP contribution in [0.1, 0.15) is 37.8 Å². The molecule has 27 heavy (non-hydrogen) atoms. The molecule has 154 valence electrons. The van der Waals surface area contributed by atoms with Crippen molar-refractivity contribution in [2.45, 2.75) is 32.2 Å². The van der Waals surface area contributed by atoms with E-state index < -0.39 is 0 Å². The third-order valence-electron chi connectivity index (χ3n) is 5.16. The van der Waals surface area contributed by atoms with Crippen LogP contribution in [0.2, 0.25) is 0 Å². The van der Waals surface area contributed by atoms with Gasteiger partial charge in [0, 0.05) is 5.56 Å². The summed E-state index contributed by atoms with van der Waals surface area (Å²) in [6.07, 6.45) is 3.58. The number of carbonyl (C=O) groups is 1. The lowest BCUT2D eigenvalue weighted by Crippen LogP contribution is -2.42. The zero-order chi connectivity index (χ0) is 18.9. The normalized spacial score (nSPS) is 16.3. The van der Waals surface area contributed by atoms with Gasteiger partial charge in [0.1, 0.15) is 11.5 Å². The molecule has 1 fully saturated rings. The molecule has 2 N–H and O–H groups in total. The van der Waals surface area contributed by atoms with Gasteiger partial charge in [0.25, 0.3) is 0 Å². The Kier molecular flexibility index (Phi) is 10.5. The average molecular weight is 400 g/mol. The largest absolute Gasteiger partial charge is 0.497 e. The van der Waals surface area contributed by atoms with Gasteiger partial charge in [0.05, 0.1) is 26.8 Å². The van der Waals surface area contributed by atoms with Gasteiger partial charge in [-0.1, -0.05) is 0 Å². The number of nitrogens with one attached hydrogen (secondary N) is 2. The van der Waals surface area contributed by atoms with Crippen molar-refractivity contribution in [2.24, 2.45) is 5.92 Å². The topological polar surface area (TPSA) is 62.8 Å². The van der Waals surface area contributed by atoms with Crippen LogP contribution in [-0.4, -0.2) is 58.3 Å². The molecule has 1 atom stereocenters. The first-order valence-corrected chi connectivity index (χ1v) is 9.45. The van der Waals surface area contributed by atoms with E-state index in [-0.39, 0.29) is 24.4 Å². The van der Waals surface area contributed by atoms with Crippen LogP contribution >= 0.6 is 12.4 Å². The third-order valence-corrected chi connectivity index (χ3v) is 5.16. The van der Waals surface area contributed by atoms with Crippen molar-refractivity contribution >= 4 is 18.3 Å². The summed E-state index contributed by atoms with van der Waals surface area (Å²) < 4.78 is 10.7. The predicted molar refractivity (Wildman–Crippen MR) is 111 cm³/mol. The van der Waals surface area contributed by atoms with Gasteiger partial charge in [-0.2, -0.15) is 0 Å². The van der Waals surface area contributed by atoms with Crippen molar-refractivity contribution in [2.75, 3.05) is 47.4 Å². The number of halogens is 1. The molecule has 1 heterocycles. The van der Waals surface area contributed by atoms with Crippen LogP contribution in [0.3, 0.4) is 0 Å². The van der Waals surface area contributed by atoms with E-state index in [9.17, 15) is 4.79 Å². The Balaban J connectivity index is 0.00000364. The fraction of sp³-hybridized carbons (Fsp3) is 0.650. The smallest absolute Gasteiger partial charge is 0.234 e. The first-order valence-electron chi connectivity index (χ1n) is 9.45. The highest BCUT2D eigenvalue weighted by atomic mass is 35.5. The number of hydrogen-bond acceptors (Lipinski definition) is 5. The average Bonchev–Trinajstić information content (AvgIpc) is 2.66. The number of ether oxygens (including phenoxy) is 2. The molecule has 0 aromatic heterocycles. The molecule has 1 saturated heterocycles. The lowest BCUT2D eigenvalue weighted by Gasteiger charge is -2.31. The quantitative estimate of drug-likeness (QED) is 0.668. The molecular formula is C20H34ClN3O3. The van der Waals surface area contributed by atoms with Gasteiger partial charge in [-0.15, -0.1) is 12.4 Å². The Bertz CT molecular complexity index is 578. The Morgan fingerprint density at radius 3 is 2.56 bits per heavy atom. The summed E-state index contributed by atoms with van der Waals surface area (Å²) in [4.78, 5) is 14.7. The summed E-state index contributed by atoms with van der Waals surface area (Å²) in [5, 5.41) is 6.30. The van der Waals surface area contributed by atoms with Gasteiger partial charge in [-0.3, -0.25) is 9.69 Å². The van der Waals surface area contributed by atoms with E-state index in [4.69, 9.17) is 9.47 Å². The molecule has 7 heteroatoms. The summed E-state index contributed by atoms with van der Waals surface area (Å²) in [6, 6.07) is 5.50. The molecule has 0 aliphatic carbocycles. The molecule has 2 rings (SSSR count). The third kappa shape index (κ3) is 7.20. The Morgan fingerprint density at radius 1 is 1.26 bits per heavy atom. The molecular weight excluding hydrogens is 366 g/mol. The molecule has 6 nitrogen and oxygen atoms in total. The van der Waals surface area contributed by atoms with Gasteiger partial charge in [-0.25, -0.2) is 0 Å². The minimum absolute atomic E-state index is 0. The highest BCUT2D eigenvalue weighted by Gasteiger charge is 2.22. The summed E-state index contributed by atoms with van der Waals surface area (Å²) in [7, 11) is 5.27. The van der Waals surface area contributed by atoms with Gasteiger partial charge in [-0.05, 0) is 77.0 Å². The number of rotatable bonds is 9. The van der Waals surface area contributed by atoms with E-state index in [1.807, 2.05) is 32.2 Å². The van der Waals surface area contributed by atoms with E-state index in [1.54, 1.807) is 14.2 Å². The SMILES string of the molecule is CNCCC1CCN(CC(=O)NC(C)c2cc(OC)ccc2OC)CC1.Cl. The first-order chi connectivity index (χ1) is 12.6. The van der Waals surface area contributed by atoms with Crippen molar-refractivity contribution in [1.29, 1.82) is 0 Å². The summed E-state index contributed by atoms with van der Waals surface area (Å²) in [5.41, 5.74) is 0.922. The molecule has 1 aliphatic rings. The molecule has 1 aromatic carbocycles. The van der Waals surface area contributed by atoms with Gasteiger partial charge >= 0.3 is 0 Å². The van der Waals surface area contributed by atoms with Crippen LogP contribution in [0.4, 0.5) is 0 Å². The predicted octanol–water partition coefficient (Wildman–Crippen LogP) is 2.62. The van der Waals surface area contributed by atoms with Crippen molar-refractivity contribution < 1.29 is 14.3 Å². The molecule has 1 aliphatic heterocycles. The molecule has 0 spiro atoms. The van der Waals surface area contributed by atoms with Crippen LogP contribution in [0, 0.1) is 5.92 Å². The molecule has 0 radical (unpaired) electrons. The number of benzene rings is 1. The van der Waals surface area contributed by atoms with Crippen molar-refractivity contribution in [3.05, 3.63) is 23.8 Å². The molecule has 0 saturated carbocycles. The van der Waals surface area contributed by atoms with Gasteiger partial charge in [0.15, 0.2) is 0 Å². The Morgan fingerprint density at radius 2 is 1.96 bits per heavy atom. The fourth-order valence-corrected chi connectivity index (χ4v) is 3.53. The standard InChI is InChI=1S/C20H33N3O3.ClH/c1-15(18-13-17(25-3)5-6-19(18)26-4)22-20(24)14-23-11-8-16(9-12-23)7-10-21-2;/h5-6,13,15-16,21H,7-12,14H2,1-4H3,(H,22,24);1H. The summed E-state index contributed by atoms with van der Waals surface area (Å²) >= 11 is 0. The maximum absolute atomic E-state index is 12.5. The van der Waals surface area contributed by atoms with E-state index in [1.165, 1.54) is 19.3 Å². The van der Waals surface area contributed by atoms with Crippen molar-refractivity contribution in [3.8, 4) is 11.5 Å².